The van der Waals surface area contributed by atoms with Crippen LogP contribution in [0.15, 0.2) is 23.8 Å². The molecule has 2 N–H and O–H groups in total. The van der Waals surface area contributed by atoms with E-state index in [9.17, 15) is 24.6 Å². The van der Waals surface area contributed by atoms with E-state index >= 15 is 0 Å². The zero-order valence-electron chi connectivity index (χ0n) is 19.6. The smallest absolute Gasteiger partial charge is 0.334 e. The fourth-order valence-corrected chi connectivity index (χ4v) is 5.58. The number of carbonyl (C=O) groups excluding carboxylic acids is 3. The summed E-state index contributed by atoms with van der Waals surface area (Å²) in [6, 6.07) is 0. The zero-order chi connectivity index (χ0) is 24.2. The Balaban J connectivity index is 2.19. The van der Waals surface area contributed by atoms with E-state index in [1.54, 1.807) is 47.6 Å². The van der Waals surface area contributed by atoms with Gasteiger partial charge in [0, 0.05) is 22.5 Å². The molecule has 0 spiro atoms. The number of hydrogen-bond donors (Lipinski definition) is 2. The Hall–Kier alpha value is -2.19. The molecule has 2 saturated carbocycles. The van der Waals surface area contributed by atoms with E-state index in [1.807, 2.05) is 0 Å². The first-order valence-corrected chi connectivity index (χ1v) is 11.1. The average molecular weight is 451 g/mol. The van der Waals surface area contributed by atoms with Crippen molar-refractivity contribution in [1.82, 2.24) is 0 Å². The number of allylic oxidation sites excluding steroid dienone is 1. The Morgan fingerprint density at radius 1 is 1.28 bits per heavy atom. The van der Waals surface area contributed by atoms with Gasteiger partial charge in [0.2, 0.25) is 0 Å². The molecular formula is C24H34O8. The van der Waals surface area contributed by atoms with Gasteiger partial charge in [0.05, 0.1) is 23.5 Å². The molecule has 3 rings (SSSR count). The molecule has 0 aromatic carbocycles. The largest absolute Gasteiger partial charge is 0.461 e. The molecule has 3 fully saturated rings. The van der Waals surface area contributed by atoms with Crippen molar-refractivity contribution in [2.24, 2.45) is 23.2 Å². The van der Waals surface area contributed by atoms with E-state index < -0.39 is 71.1 Å². The van der Waals surface area contributed by atoms with Crippen molar-refractivity contribution in [3.63, 3.8) is 0 Å². The molecule has 32 heavy (non-hydrogen) atoms. The minimum Gasteiger partial charge on any atom is -0.461 e. The Morgan fingerprint density at radius 2 is 1.91 bits per heavy atom. The second-order valence-electron chi connectivity index (χ2n) is 10.0. The van der Waals surface area contributed by atoms with Gasteiger partial charge in [0.15, 0.2) is 6.10 Å². The van der Waals surface area contributed by atoms with E-state index in [0.29, 0.717) is 5.57 Å². The SMILES string of the molecule is C=C1C(=O)O[C@@H]2[C@H]1[C@@H](OC(=O)C(C)C)[C@@H]1[C@](C)([C@H](O)CC[C@@]1(C)O)[C@@H]2OC(=O)/C(C)=C/C. The highest BCUT2D eigenvalue weighted by atomic mass is 16.6. The van der Waals surface area contributed by atoms with Crippen LogP contribution in [0.3, 0.4) is 0 Å². The van der Waals surface area contributed by atoms with Gasteiger partial charge in [-0.2, -0.15) is 0 Å². The van der Waals surface area contributed by atoms with Crippen molar-refractivity contribution in [3.05, 3.63) is 23.8 Å². The summed E-state index contributed by atoms with van der Waals surface area (Å²) in [7, 11) is 0. The van der Waals surface area contributed by atoms with Gasteiger partial charge < -0.3 is 24.4 Å². The summed E-state index contributed by atoms with van der Waals surface area (Å²) in [4.78, 5) is 37.9. The molecule has 8 heteroatoms. The van der Waals surface area contributed by atoms with Gasteiger partial charge in [-0.15, -0.1) is 0 Å². The van der Waals surface area contributed by atoms with Crippen molar-refractivity contribution < 1.29 is 38.8 Å². The van der Waals surface area contributed by atoms with Crippen molar-refractivity contribution in [3.8, 4) is 0 Å². The summed E-state index contributed by atoms with van der Waals surface area (Å²) in [6.07, 6.45) is -1.96. The fraction of sp³-hybridized carbons (Fsp3) is 0.708. The number of aliphatic hydroxyl groups excluding tert-OH is 1. The van der Waals surface area contributed by atoms with E-state index in [0.717, 1.165) is 0 Å². The first-order chi connectivity index (χ1) is 14.8. The Morgan fingerprint density at radius 3 is 2.47 bits per heavy atom. The molecule has 178 valence electrons. The minimum atomic E-state index is -1.37. The normalized spacial score (nSPS) is 41.6. The van der Waals surface area contributed by atoms with Crippen LogP contribution in [0.5, 0.6) is 0 Å². The maximum atomic E-state index is 12.7. The summed E-state index contributed by atoms with van der Waals surface area (Å²) in [5.41, 5.74) is -2.17. The van der Waals surface area contributed by atoms with Crippen LogP contribution < -0.4 is 0 Å². The Kier molecular flexibility index (Phi) is 6.34. The highest BCUT2D eigenvalue weighted by molar-refractivity contribution is 5.92. The first-order valence-electron chi connectivity index (χ1n) is 11.1. The summed E-state index contributed by atoms with van der Waals surface area (Å²) < 4.78 is 17.3. The highest BCUT2D eigenvalue weighted by Crippen LogP contribution is 2.60. The lowest BCUT2D eigenvalue weighted by molar-refractivity contribution is -0.277. The molecular weight excluding hydrogens is 416 g/mol. The van der Waals surface area contributed by atoms with Crippen LogP contribution in [-0.4, -0.2) is 58.1 Å². The molecule has 0 aromatic heterocycles. The number of ether oxygens (including phenoxy) is 3. The summed E-state index contributed by atoms with van der Waals surface area (Å²) in [5, 5.41) is 22.6. The molecule has 0 aromatic rings. The quantitative estimate of drug-likeness (QED) is 0.380. The van der Waals surface area contributed by atoms with E-state index in [1.165, 1.54) is 0 Å². The van der Waals surface area contributed by atoms with Gasteiger partial charge in [0.1, 0.15) is 12.2 Å². The van der Waals surface area contributed by atoms with Gasteiger partial charge >= 0.3 is 17.9 Å². The second-order valence-corrected chi connectivity index (χ2v) is 10.0. The van der Waals surface area contributed by atoms with Crippen LogP contribution in [0, 0.1) is 23.2 Å². The molecule has 1 aliphatic heterocycles. The Labute approximate surface area is 188 Å². The van der Waals surface area contributed by atoms with Crippen LogP contribution in [0.25, 0.3) is 0 Å². The van der Waals surface area contributed by atoms with E-state index in [4.69, 9.17) is 14.2 Å². The number of rotatable bonds is 4. The maximum absolute atomic E-state index is 12.7. The zero-order valence-corrected chi connectivity index (χ0v) is 19.6. The third kappa shape index (κ3) is 3.67. The van der Waals surface area contributed by atoms with Gasteiger partial charge in [-0.25, -0.2) is 9.59 Å². The molecule has 0 bridgehead atoms. The third-order valence-corrected chi connectivity index (χ3v) is 7.55. The lowest BCUT2D eigenvalue weighted by Crippen LogP contribution is -2.72. The molecule has 0 amide bonds. The minimum absolute atomic E-state index is 0.0956. The molecule has 2 aliphatic carbocycles. The topological polar surface area (TPSA) is 119 Å². The van der Waals surface area contributed by atoms with Crippen molar-refractivity contribution in [2.75, 3.05) is 0 Å². The van der Waals surface area contributed by atoms with Crippen molar-refractivity contribution in [2.45, 2.75) is 84.4 Å². The molecule has 1 saturated heterocycles. The standard InChI is InChI=1S/C24H34O8/c1-8-12(4)21(27)32-19-17-15(13(5)22(28)31-17)16(30-20(26)11(2)3)18-23(6,29)10-9-14(25)24(18,19)7/h8,11,14-19,25,29H,5,9-10H2,1-4,6-7H3/b12-8+/t14-,15-,16-,17-,18+,19-,23-,24+/m1/s1. The number of esters is 3. The fourth-order valence-electron chi connectivity index (χ4n) is 5.58. The number of carbonyl (C=O) groups is 3. The lowest BCUT2D eigenvalue weighted by atomic mass is 9.49. The van der Waals surface area contributed by atoms with Crippen LogP contribution in [0.2, 0.25) is 0 Å². The van der Waals surface area contributed by atoms with Crippen molar-refractivity contribution >= 4 is 17.9 Å². The van der Waals surface area contributed by atoms with Gasteiger partial charge in [-0.3, -0.25) is 4.79 Å². The molecule has 0 unspecified atom stereocenters. The third-order valence-electron chi connectivity index (χ3n) is 7.55. The molecule has 3 aliphatic rings. The monoisotopic (exact) mass is 450 g/mol. The van der Waals surface area contributed by atoms with E-state index in [-0.39, 0.29) is 18.4 Å². The average Bonchev–Trinajstić information content (AvgIpc) is 3.01. The summed E-state index contributed by atoms with van der Waals surface area (Å²) in [5.74, 6) is -3.89. The Bertz CT molecular complexity index is 856. The highest BCUT2D eigenvalue weighted by Gasteiger charge is 2.71. The molecule has 8 atom stereocenters. The van der Waals surface area contributed by atoms with Crippen molar-refractivity contribution in [1.29, 1.82) is 0 Å². The van der Waals surface area contributed by atoms with Gasteiger partial charge in [0.25, 0.3) is 0 Å². The first kappa shape index (κ1) is 24.5. The number of fused-ring (bicyclic) bond motifs is 2. The number of aliphatic hydroxyl groups is 2. The van der Waals surface area contributed by atoms with Crippen LogP contribution in [0.4, 0.5) is 0 Å². The molecule has 0 radical (unpaired) electrons. The molecule has 8 nitrogen and oxygen atoms in total. The number of hydrogen-bond acceptors (Lipinski definition) is 8. The summed E-state index contributed by atoms with van der Waals surface area (Å²) >= 11 is 0. The predicted octanol–water partition coefficient (Wildman–Crippen LogP) is 2.07. The summed E-state index contributed by atoms with van der Waals surface area (Å²) in [6.45, 7) is 13.8. The van der Waals surface area contributed by atoms with Gasteiger partial charge in [-0.1, -0.05) is 33.4 Å². The second kappa shape index (κ2) is 8.30. The van der Waals surface area contributed by atoms with Gasteiger partial charge in [-0.05, 0) is 33.6 Å². The van der Waals surface area contributed by atoms with Crippen LogP contribution >= 0.6 is 0 Å². The maximum Gasteiger partial charge on any atom is 0.334 e. The molecule has 1 heterocycles. The van der Waals surface area contributed by atoms with Crippen LogP contribution in [-0.2, 0) is 28.6 Å². The van der Waals surface area contributed by atoms with Crippen LogP contribution in [0.1, 0.15) is 54.4 Å². The van der Waals surface area contributed by atoms with E-state index in [2.05, 4.69) is 6.58 Å². The lowest BCUT2D eigenvalue weighted by Gasteiger charge is -2.61. The predicted molar refractivity (Wildman–Crippen MR) is 114 cm³/mol.